The lowest BCUT2D eigenvalue weighted by molar-refractivity contribution is 0.104. The molecule has 0 spiro atoms. The fourth-order valence-electron chi connectivity index (χ4n) is 1.24. The van der Waals surface area contributed by atoms with Crippen LogP contribution in [0.25, 0.3) is 0 Å². The van der Waals surface area contributed by atoms with Gasteiger partial charge >= 0.3 is 0 Å². The van der Waals surface area contributed by atoms with Crippen molar-refractivity contribution in [1.82, 2.24) is 0 Å². The van der Waals surface area contributed by atoms with E-state index >= 15 is 0 Å². The molecule has 0 atom stereocenters. The zero-order chi connectivity index (χ0) is 11.7. The van der Waals surface area contributed by atoms with Gasteiger partial charge in [-0.25, -0.2) is 0 Å². The SMILES string of the molecule is O=C(c1ccc(Cl)s1)c1cc(Cl)ccc1Cl. The van der Waals surface area contributed by atoms with E-state index < -0.39 is 0 Å². The van der Waals surface area contributed by atoms with Crippen molar-refractivity contribution in [2.75, 3.05) is 0 Å². The zero-order valence-electron chi connectivity index (χ0n) is 7.84. The Bertz CT molecular complexity index is 548. The summed E-state index contributed by atoms with van der Waals surface area (Å²) >= 11 is 18.7. The van der Waals surface area contributed by atoms with E-state index in [4.69, 9.17) is 34.8 Å². The fraction of sp³-hybridized carbons (Fsp3) is 0. The summed E-state index contributed by atoms with van der Waals surface area (Å²) in [6.07, 6.45) is 0. The molecule has 0 radical (unpaired) electrons. The molecule has 0 saturated carbocycles. The summed E-state index contributed by atoms with van der Waals surface area (Å²) in [6, 6.07) is 8.15. The Labute approximate surface area is 112 Å². The van der Waals surface area contributed by atoms with Gasteiger partial charge in [-0.3, -0.25) is 4.79 Å². The molecule has 5 heteroatoms. The van der Waals surface area contributed by atoms with Gasteiger partial charge in [0.1, 0.15) is 0 Å². The van der Waals surface area contributed by atoms with Gasteiger partial charge in [0, 0.05) is 10.6 Å². The van der Waals surface area contributed by atoms with Gasteiger partial charge in [0.25, 0.3) is 0 Å². The van der Waals surface area contributed by atoms with Crippen LogP contribution in [0, 0.1) is 0 Å². The molecule has 82 valence electrons. The van der Waals surface area contributed by atoms with E-state index in [2.05, 4.69) is 0 Å². The second-order valence-corrected chi connectivity index (χ2v) is 5.62. The van der Waals surface area contributed by atoms with Crippen LogP contribution in [0.3, 0.4) is 0 Å². The number of rotatable bonds is 2. The van der Waals surface area contributed by atoms with Crippen LogP contribution in [0.4, 0.5) is 0 Å². The van der Waals surface area contributed by atoms with Gasteiger partial charge in [0.2, 0.25) is 5.78 Å². The fourth-order valence-corrected chi connectivity index (χ4v) is 2.61. The highest BCUT2D eigenvalue weighted by molar-refractivity contribution is 7.18. The minimum Gasteiger partial charge on any atom is -0.288 e. The maximum absolute atomic E-state index is 12.0. The molecule has 2 aromatic rings. The Morgan fingerprint density at radius 1 is 1.06 bits per heavy atom. The number of thiophene rings is 1. The molecule has 0 saturated heterocycles. The molecule has 2 rings (SSSR count). The lowest BCUT2D eigenvalue weighted by atomic mass is 10.1. The Kier molecular flexibility index (Phi) is 3.55. The van der Waals surface area contributed by atoms with E-state index in [1.54, 1.807) is 30.3 Å². The molecule has 1 nitrogen and oxygen atoms in total. The lowest BCUT2D eigenvalue weighted by Crippen LogP contribution is -1.99. The second-order valence-electron chi connectivity index (χ2n) is 3.06. The lowest BCUT2D eigenvalue weighted by Gasteiger charge is -2.01. The molecule has 0 bridgehead atoms. The third-order valence-corrected chi connectivity index (χ3v) is 3.76. The molecule has 1 aromatic heterocycles. The topological polar surface area (TPSA) is 17.1 Å². The molecule has 0 fully saturated rings. The van der Waals surface area contributed by atoms with Gasteiger partial charge in [-0.1, -0.05) is 34.8 Å². The third kappa shape index (κ3) is 2.41. The van der Waals surface area contributed by atoms with Gasteiger partial charge in [0.15, 0.2) is 0 Å². The highest BCUT2D eigenvalue weighted by atomic mass is 35.5. The number of hydrogen-bond donors (Lipinski definition) is 0. The highest BCUT2D eigenvalue weighted by Crippen LogP contribution is 2.28. The monoisotopic (exact) mass is 290 g/mol. The van der Waals surface area contributed by atoms with Crippen LogP contribution in [0.15, 0.2) is 30.3 Å². The van der Waals surface area contributed by atoms with Crippen LogP contribution in [-0.2, 0) is 0 Å². The zero-order valence-corrected chi connectivity index (χ0v) is 10.9. The van der Waals surface area contributed by atoms with Crippen molar-refractivity contribution < 1.29 is 4.79 Å². The van der Waals surface area contributed by atoms with Gasteiger partial charge in [0.05, 0.1) is 14.2 Å². The molecule has 16 heavy (non-hydrogen) atoms. The Morgan fingerprint density at radius 2 is 1.81 bits per heavy atom. The second kappa shape index (κ2) is 4.76. The smallest absolute Gasteiger partial charge is 0.204 e. The van der Waals surface area contributed by atoms with E-state index in [1.807, 2.05) is 0 Å². The van der Waals surface area contributed by atoms with E-state index in [-0.39, 0.29) is 5.78 Å². The first-order valence-electron chi connectivity index (χ1n) is 4.33. The van der Waals surface area contributed by atoms with Crippen LogP contribution in [0.1, 0.15) is 15.2 Å². The number of ketones is 1. The molecule has 0 unspecified atom stereocenters. The molecule has 0 aliphatic rings. The molecular formula is C11H5Cl3OS. The normalized spacial score (nSPS) is 10.4. The van der Waals surface area contributed by atoms with Crippen molar-refractivity contribution in [2.24, 2.45) is 0 Å². The first-order valence-corrected chi connectivity index (χ1v) is 6.28. The summed E-state index contributed by atoms with van der Waals surface area (Å²) in [5.74, 6) is -0.163. The molecular weight excluding hydrogens is 287 g/mol. The van der Waals surface area contributed by atoms with E-state index in [9.17, 15) is 4.79 Å². The number of benzene rings is 1. The molecule has 0 amide bonds. The van der Waals surface area contributed by atoms with Crippen LogP contribution >= 0.6 is 46.1 Å². The van der Waals surface area contributed by atoms with Gasteiger partial charge in [-0.15, -0.1) is 11.3 Å². The van der Waals surface area contributed by atoms with Crippen LogP contribution in [0.5, 0.6) is 0 Å². The largest absolute Gasteiger partial charge is 0.288 e. The maximum Gasteiger partial charge on any atom is 0.204 e. The van der Waals surface area contributed by atoms with Gasteiger partial charge in [-0.2, -0.15) is 0 Å². The maximum atomic E-state index is 12.0. The first kappa shape index (κ1) is 11.9. The summed E-state index contributed by atoms with van der Waals surface area (Å²) in [5.41, 5.74) is 0.396. The van der Waals surface area contributed by atoms with E-state index in [0.29, 0.717) is 24.8 Å². The predicted octanol–water partition coefficient (Wildman–Crippen LogP) is 4.94. The Hall–Kier alpha value is -0.540. The van der Waals surface area contributed by atoms with Crippen LogP contribution in [0.2, 0.25) is 14.4 Å². The predicted molar refractivity (Wildman–Crippen MR) is 69.2 cm³/mol. The average Bonchev–Trinajstić information content (AvgIpc) is 2.67. The molecule has 1 aromatic carbocycles. The molecule has 0 aliphatic carbocycles. The molecule has 0 aliphatic heterocycles. The van der Waals surface area contributed by atoms with Crippen molar-refractivity contribution in [3.63, 3.8) is 0 Å². The van der Waals surface area contributed by atoms with Crippen molar-refractivity contribution >= 4 is 51.9 Å². The first-order chi connectivity index (χ1) is 7.58. The minimum absolute atomic E-state index is 0.163. The van der Waals surface area contributed by atoms with Crippen LogP contribution in [-0.4, -0.2) is 5.78 Å². The van der Waals surface area contributed by atoms with Gasteiger partial charge < -0.3 is 0 Å². The minimum atomic E-state index is -0.163. The Balaban J connectivity index is 2.45. The Morgan fingerprint density at radius 3 is 2.44 bits per heavy atom. The summed E-state index contributed by atoms with van der Waals surface area (Å²) in [7, 11) is 0. The van der Waals surface area contributed by atoms with Crippen molar-refractivity contribution in [2.45, 2.75) is 0 Å². The van der Waals surface area contributed by atoms with Crippen molar-refractivity contribution in [1.29, 1.82) is 0 Å². The third-order valence-electron chi connectivity index (χ3n) is 1.97. The van der Waals surface area contributed by atoms with Gasteiger partial charge in [-0.05, 0) is 30.3 Å². The number of halogens is 3. The van der Waals surface area contributed by atoms with E-state index in [1.165, 1.54) is 11.3 Å². The molecule has 1 heterocycles. The number of hydrogen-bond acceptors (Lipinski definition) is 2. The summed E-state index contributed by atoms with van der Waals surface area (Å²) in [5, 5.41) is 0.870. The molecule has 0 N–H and O–H groups in total. The quantitative estimate of drug-likeness (QED) is 0.716. The van der Waals surface area contributed by atoms with Crippen LogP contribution < -0.4 is 0 Å². The summed E-state index contributed by atoms with van der Waals surface area (Å²) < 4.78 is 0.571. The van der Waals surface area contributed by atoms with Crippen molar-refractivity contribution in [3.05, 3.63) is 55.2 Å². The van der Waals surface area contributed by atoms with E-state index in [0.717, 1.165) is 0 Å². The summed E-state index contributed by atoms with van der Waals surface area (Å²) in [6.45, 7) is 0. The number of carbonyl (C=O) groups excluding carboxylic acids is 1. The highest BCUT2D eigenvalue weighted by Gasteiger charge is 2.15. The summed E-state index contributed by atoms with van der Waals surface area (Å²) in [4.78, 5) is 12.6. The average molecular weight is 292 g/mol. The standard InChI is InChI=1S/C11H5Cl3OS/c12-6-1-2-8(13)7(5-6)11(15)9-3-4-10(14)16-9/h1-5H. The van der Waals surface area contributed by atoms with Crippen molar-refractivity contribution in [3.8, 4) is 0 Å². The number of carbonyl (C=O) groups is 1.